The molecule has 1 aromatic heterocycles. The molecule has 4 nitrogen and oxygen atoms in total. The van der Waals surface area contributed by atoms with Crippen molar-refractivity contribution in [3.8, 4) is 0 Å². The van der Waals surface area contributed by atoms with Crippen LogP contribution in [-0.4, -0.2) is 9.55 Å². The summed E-state index contributed by atoms with van der Waals surface area (Å²) in [6, 6.07) is 0.327. The lowest BCUT2D eigenvalue weighted by molar-refractivity contribution is 0.437. The molecule has 3 rings (SSSR count). The van der Waals surface area contributed by atoms with Crippen molar-refractivity contribution >= 4 is 22.6 Å². The van der Waals surface area contributed by atoms with Gasteiger partial charge < -0.3 is 0 Å². The summed E-state index contributed by atoms with van der Waals surface area (Å²) < 4.78 is 2.32. The average Bonchev–Trinajstić information content (AvgIpc) is 2.86. The lowest BCUT2D eigenvalue weighted by atomic mass is 10.2. The second kappa shape index (κ2) is 3.20. The molecule has 3 atom stereocenters. The first-order valence-electron chi connectivity index (χ1n) is 5.18. The predicted octanol–water partition coefficient (Wildman–Crippen LogP) is 1.11. The van der Waals surface area contributed by atoms with Crippen LogP contribution in [0.15, 0.2) is 15.8 Å². The molecule has 0 saturated heterocycles. The fourth-order valence-corrected chi connectivity index (χ4v) is 3.16. The standard InChI is InChI=1S/C10H11IN2O2/c11-7-4-13(10(15)12-9(7)14)8-2-1-5-3-6(5)8/h4-6,8H,1-3H2,(H,12,14,15)/t5?,6?,8-/m0/s1. The van der Waals surface area contributed by atoms with Gasteiger partial charge in [0.05, 0.1) is 3.57 Å². The van der Waals surface area contributed by atoms with Crippen LogP contribution < -0.4 is 11.2 Å². The Bertz CT molecular complexity index is 519. The molecule has 2 saturated carbocycles. The summed E-state index contributed by atoms with van der Waals surface area (Å²) >= 11 is 1.97. The lowest BCUT2D eigenvalue weighted by Gasteiger charge is -2.14. The number of halogens is 1. The van der Waals surface area contributed by atoms with E-state index in [4.69, 9.17) is 0 Å². The minimum atomic E-state index is -0.276. The Balaban J connectivity index is 2.08. The fraction of sp³-hybridized carbons (Fsp3) is 0.600. The van der Waals surface area contributed by atoms with Gasteiger partial charge in [0, 0.05) is 12.2 Å². The summed E-state index contributed by atoms with van der Waals surface area (Å²) in [6.07, 6.45) is 5.27. The molecule has 1 heterocycles. The van der Waals surface area contributed by atoms with Crippen LogP contribution in [-0.2, 0) is 0 Å². The van der Waals surface area contributed by atoms with Gasteiger partial charge >= 0.3 is 5.69 Å². The van der Waals surface area contributed by atoms with Crippen LogP contribution >= 0.6 is 22.6 Å². The van der Waals surface area contributed by atoms with Crippen molar-refractivity contribution in [2.45, 2.75) is 25.3 Å². The van der Waals surface area contributed by atoms with Gasteiger partial charge in [0.1, 0.15) is 0 Å². The first-order valence-corrected chi connectivity index (χ1v) is 6.25. The first-order chi connectivity index (χ1) is 7.16. The SMILES string of the molecule is O=c1[nH]c(=O)n([C@H]2CCC3CC32)cc1I. The van der Waals surface area contributed by atoms with Gasteiger partial charge in [0.15, 0.2) is 0 Å². The van der Waals surface area contributed by atoms with Crippen LogP contribution in [0, 0.1) is 15.4 Å². The largest absolute Gasteiger partial charge is 0.328 e. The predicted molar refractivity (Wildman–Crippen MR) is 63.9 cm³/mol. The van der Waals surface area contributed by atoms with Crippen molar-refractivity contribution in [3.63, 3.8) is 0 Å². The molecule has 0 amide bonds. The zero-order valence-corrected chi connectivity index (χ0v) is 10.2. The van der Waals surface area contributed by atoms with Crippen LogP contribution in [0.3, 0.4) is 0 Å². The van der Waals surface area contributed by atoms with Gasteiger partial charge in [0.25, 0.3) is 5.56 Å². The molecule has 1 aromatic rings. The Hall–Kier alpha value is -0.590. The molecule has 2 unspecified atom stereocenters. The van der Waals surface area contributed by atoms with E-state index >= 15 is 0 Å². The van der Waals surface area contributed by atoms with Crippen molar-refractivity contribution in [2.24, 2.45) is 11.8 Å². The summed E-state index contributed by atoms with van der Waals surface area (Å²) in [5.41, 5.74) is -0.528. The van der Waals surface area contributed by atoms with Gasteiger partial charge in [-0.05, 0) is 53.7 Å². The van der Waals surface area contributed by atoms with E-state index in [0.29, 0.717) is 15.5 Å². The normalized spacial score (nSPS) is 32.7. The zero-order chi connectivity index (χ0) is 10.6. The summed E-state index contributed by atoms with van der Waals surface area (Å²) in [6.45, 7) is 0. The summed E-state index contributed by atoms with van der Waals surface area (Å²) in [4.78, 5) is 25.2. The van der Waals surface area contributed by atoms with Gasteiger partial charge in [-0.15, -0.1) is 0 Å². The van der Waals surface area contributed by atoms with Crippen LogP contribution in [0.25, 0.3) is 0 Å². The summed E-state index contributed by atoms with van der Waals surface area (Å²) in [5, 5.41) is 0. The van der Waals surface area contributed by atoms with Crippen molar-refractivity contribution < 1.29 is 0 Å². The van der Waals surface area contributed by atoms with Gasteiger partial charge in [-0.3, -0.25) is 14.3 Å². The number of hydrogen-bond donors (Lipinski definition) is 1. The minimum absolute atomic E-state index is 0.252. The average molecular weight is 318 g/mol. The Morgan fingerprint density at radius 2 is 2.20 bits per heavy atom. The molecule has 2 aliphatic carbocycles. The molecule has 15 heavy (non-hydrogen) atoms. The van der Waals surface area contributed by atoms with E-state index in [1.165, 1.54) is 12.8 Å². The van der Waals surface area contributed by atoms with Crippen LogP contribution in [0.5, 0.6) is 0 Å². The van der Waals surface area contributed by atoms with Crippen LogP contribution in [0.2, 0.25) is 0 Å². The Morgan fingerprint density at radius 3 is 2.80 bits per heavy atom. The maximum absolute atomic E-state index is 11.6. The molecule has 5 heteroatoms. The fourth-order valence-electron chi connectivity index (χ4n) is 2.73. The number of nitrogens with one attached hydrogen (secondary N) is 1. The van der Waals surface area contributed by atoms with Crippen LogP contribution in [0.1, 0.15) is 25.3 Å². The molecule has 0 radical (unpaired) electrons. The highest BCUT2D eigenvalue weighted by Gasteiger charge is 2.49. The number of H-pyrrole nitrogens is 1. The molecular formula is C10H11IN2O2. The third kappa shape index (κ3) is 1.47. The lowest BCUT2D eigenvalue weighted by Crippen LogP contribution is -2.33. The molecular weight excluding hydrogens is 307 g/mol. The molecule has 0 spiro atoms. The van der Waals surface area contributed by atoms with E-state index in [-0.39, 0.29) is 11.2 Å². The highest BCUT2D eigenvalue weighted by Crippen LogP contribution is 2.56. The summed E-state index contributed by atoms with van der Waals surface area (Å²) in [7, 11) is 0. The number of aromatic amines is 1. The second-order valence-corrected chi connectivity index (χ2v) is 5.61. The van der Waals surface area contributed by atoms with Gasteiger partial charge in [0.2, 0.25) is 0 Å². The molecule has 0 aromatic carbocycles. The van der Waals surface area contributed by atoms with E-state index in [1.54, 1.807) is 10.8 Å². The van der Waals surface area contributed by atoms with E-state index in [2.05, 4.69) is 4.98 Å². The topological polar surface area (TPSA) is 54.9 Å². The van der Waals surface area contributed by atoms with Crippen molar-refractivity contribution in [1.82, 2.24) is 9.55 Å². The number of aromatic nitrogens is 2. The monoisotopic (exact) mass is 318 g/mol. The number of rotatable bonds is 1. The third-order valence-corrected chi connectivity index (χ3v) is 4.35. The minimum Gasteiger partial charge on any atom is -0.296 e. The molecule has 0 aliphatic heterocycles. The number of hydrogen-bond acceptors (Lipinski definition) is 2. The number of fused-ring (bicyclic) bond motifs is 1. The Morgan fingerprint density at radius 1 is 1.40 bits per heavy atom. The van der Waals surface area contributed by atoms with Crippen LogP contribution in [0.4, 0.5) is 0 Å². The zero-order valence-electron chi connectivity index (χ0n) is 8.07. The smallest absolute Gasteiger partial charge is 0.296 e. The number of nitrogens with zero attached hydrogens (tertiary/aromatic N) is 1. The third-order valence-electron chi connectivity index (χ3n) is 3.59. The first kappa shape index (κ1) is 9.62. The molecule has 2 aliphatic rings. The Labute approximate surface area is 99.8 Å². The van der Waals surface area contributed by atoms with E-state index in [1.807, 2.05) is 22.6 Å². The maximum atomic E-state index is 11.6. The van der Waals surface area contributed by atoms with E-state index < -0.39 is 0 Å². The maximum Gasteiger partial charge on any atom is 0.328 e. The van der Waals surface area contributed by atoms with E-state index in [9.17, 15) is 9.59 Å². The molecule has 80 valence electrons. The highest BCUT2D eigenvalue weighted by molar-refractivity contribution is 14.1. The molecule has 2 fully saturated rings. The van der Waals surface area contributed by atoms with Crippen molar-refractivity contribution in [1.29, 1.82) is 0 Å². The summed E-state index contributed by atoms with van der Waals surface area (Å²) in [5.74, 6) is 1.52. The van der Waals surface area contributed by atoms with E-state index in [0.717, 1.165) is 12.3 Å². The van der Waals surface area contributed by atoms with Crippen molar-refractivity contribution in [3.05, 3.63) is 30.6 Å². The Kier molecular flexibility index (Phi) is 2.05. The van der Waals surface area contributed by atoms with Gasteiger partial charge in [-0.25, -0.2) is 4.79 Å². The van der Waals surface area contributed by atoms with Gasteiger partial charge in [-0.1, -0.05) is 0 Å². The quantitative estimate of drug-likeness (QED) is 0.789. The van der Waals surface area contributed by atoms with Crippen molar-refractivity contribution in [2.75, 3.05) is 0 Å². The van der Waals surface area contributed by atoms with Gasteiger partial charge in [-0.2, -0.15) is 0 Å². The molecule has 1 N–H and O–H groups in total. The molecule has 0 bridgehead atoms. The highest BCUT2D eigenvalue weighted by atomic mass is 127. The second-order valence-electron chi connectivity index (χ2n) is 4.45.